The van der Waals surface area contributed by atoms with Crippen LogP contribution in [-0.4, -0.2) is 44.9 Å². The molecule has 0 radical (unpaired) electrons. The summed E-state index contributed by atoms with van der Waals surface area (Å²) in [4.78, 5) is 12.8. The molecule has 2 aromatic rings. The van der Waals surface area contributed by atoms with Crippen molar-refractivity contribution in [3.8, 4) is 5.75 Å². The fourth-order valence-electron chi connectivity index (χ4n) is 3.67. The number of nitrogens with zero attached hydrogens (tertiary/aromatic N) is 1. The van der Waals surface area contributed by atoms with Crippen LogP contribution in [-0.2, 0) is 16.4 Å². The van der Waals surface area contributed by atoms with E-state index in [2.05, 4.69) is 17.4 Å². The molecule has 0 saturated carbocycles. The lowest BCUT2D eigenvalue weighted by molar-refractivity contribution is 0.0938. The summed E-state index contributed by atoms with van der Waals surface area (Å²) in [7, 11) is -2.27. The number of amides is 1. The van der Waals surface area contributed by atoms with E-state index in [1.165, 1.54) is 23.0 Å². The number of nitrogens with one attached hydrogen (secondary N) is 1. The van der Waals surface area contributed by atoms with Crippen LogP contribution in [0.3, 0.4) is 0 Å². The largest absolute Gasteiger partial charge is 0.495 e. The maximum absolute atomic E-state index is 13.1. The molecule has 2 aromatic carbocycles. The molecule has 0 bridgehead atoms. The average Bonchev–Trinajstić information content (AvgIpc) is 2.78. The van der Waals surface area contributed by atoms with Crippen molar-refractivity contribution in [1.82, 2.24) is 9.62 Å². The van der Waals surface area contributed by atoms with Crippen LogP contribution in [0.1, 0.15) is 48.5 Å². The van der Waals surface area contributed by atoms with Gasteiger partial charge in [-0.2, -0.15) is 4.31 Å². The van der Waals surface area contributed by atoms with E-state index in [0.717, 1.165) is 32.1 Å². The van der Waals surface area contributed by atoms with Gasteiger partial charge in [-0.05, 0) is 56.4 Å². The molecule has 6 nitrogen and oxygen atoms in total. The Kier molecular flexibility index (Phi) is 7.50. The summed E-state index contributed by atoms with van der Waals surface area (Å²) in [6.45, 7) is 2.95. The third-order valence-electron chi connectivity index (χ3n) is 5.45. The highest BCUT2D eigenvalue weighted by atomic mass is 32.2. The summed E-state index contributed by atoms with van der Waals surface area (Å²) < 4.78 is 33.0. The van der Waals surface area contributed by atoms with Gasteiger partial charge in [0.1, 0.15) is 10.6 Å². The molecule has 1 N–H and O–H groups in total. The van der Waals surface area contributed by atoms with Gasteiger partial charge in [-0.25, -0.2) is 8.42 Å². The molecule has 3 rings (SSSR count). The molecule has 162 valence electrons. The van der Waals surface area contributed by atoms with Crippen molar-refractivity contribution >= 4 is 15.9 Å². The van der Waals surface area contributed by atoms with E-state index in [-0.39, 0.29) is 22.6 Å². The Balaban J connectivity index is 1.72. The van der Waals surface area contributed by atoms with Crippen LogP contribution in [0.5, 0.6) is 5.75 Å². The normalized spacial score (nSPS) is 16.1. The maximum Gasteiger partial charge on any atom is 0.251 e. The molecule has 0 spiro atoms. The minimum Gasteiger partial charge on any atom is -0.495 e. The van der Waals surface area contributed by atoms with E-state index in [4.69, 9.17) is 4.74 Å². The van der Waals surface area contributed by atoms with Gasteiger partial charge in [-0.1, -0.05) is 36.8 Å². The lowest BCUT2D eigenvalue weighted by atomic mass is 10.1. The maximum atomic E-state index is 13.1. The van der Waals surface area contributed by atoms with E-state index >= 15 is 0 Å². The molecule has 7 heteroatoms. The minimum absolute atomic E-state index is 0.0399. The second kappa shape index (κ2) is 10.1. The third-order valence-corrected chi connectivity index (χ3v) is 7.36. The number of ether oxygens (including phenoxy) is 1. The summed E-state index contributed by atoms with van der Waals surface area (Å²) in [6, 6.07) is 14.7. The highest BCUT2D eigenvalue weighted by Gasteiger charge is 2.29. The summed E-state index contributed by atoms with van der Waals surface area (Å²) in [5, 5.41) is 2.97. The number of rotatable bonds is 8. The topological polar surface area (TPSA) is 75.7 Å². The zero-order chi connectivity index (χ0) is 21.6. The van der Waals surface area contributed by atoms with E-state index in [9.17, 15) is 13.2 Å². The third kappa shape index (κ3) is 5.40. The molecule has 0 aromatic heterocycles. The Bertz CT molecular complexity index is 954. The second-order valence-electron chi connectivity index (χ2n) is 7.73. The number of aryl methyl sites for hydroxylation is 1. The number of carbonyl (C=O) groups is 1. The molecule has 1 heterocycles. The Morgan fingerprint density at radius 3 is 2.47 bits per heavy atom. The first kappa shape index (κ1) is 22.3. The highest BCUT2D eigenvalue weighted by molar-refractivity contribution is 7.89. The molecular formula is C23H30N2O4S. The number of hydrogen-bond donors (Lipinski definition) is 1. The van der Waals surface area contributed by atoms with Crippen molar-refractivity contribution in [2.45, 2.75) is 50.0 Å². The Morgan fingerprint density at radius 2 is 1.80 bits per heavy atom. The zero-order valence-electron chi connectivity index (χ0n) is 17.6. The van der Waals surface area contributed by atoms with Gasteiger partial charge in [0, 0.05) is 24.7 Å². The van der Waals surface area contributed by atoms with Crippen LogP contribution < -0.4 is 10.1 Å². The predicted molar refractivity (Wildman–Crippen MR) is 117 cm³/mol. The summed E-state index contributed by atoms with van der Waals surface area (Å²) in [5.41, 5.74) is 1.54. The van der Waals surface area contributed by atoms with Gasteiger partial charge < -0.3 is 10.1 Å². The van der Waals surface area contributed by atoms with Crippen LogP contribution in [0.25, 0.3) is 0 Å². The fourth-order valence-corrected chi connectivity index (χ4v) is 5.37. The van der Waals surface area contributed by atoms with E-state index in [1.807, 2.05) is 25.1 Å². The van der Waals surface area contributed by atoms with Gasteiger partial charge in [-0.15, -0.1) is 0 Å². The molecule has 1 fully saturated rings. The number of sulfonamides is 1. The molecule has 1 atom stereocenters. The van der Waals surface area contributed by atoms with Crippen molar-refractivity contribution in [1.29, 1.82) is 0 Å². The first-order chi connectivity index (χ1) is 14.4. The fraction of sp³-hybridized carbons (Fsp3) is 0.435. The van der Waals surface area contributed by atoms with Crippen molar-refractivity contribution in [2.75, 3.05) is 20.2 Å². The smallest absolute Gasteiger partial charge is 0.251 e. The van der Waals surface area contributed by atoms with Crippen LogP contribution in [0.15, 0.2) is 53.4 Å². The van der Waals surface area contributed by atoms with Gasteiger partial charge in [0.15, 0.2) is 0 Å². The van der Waals surface area contributed by atoms with Gasteiger partial charge in [0.2, 0.25) is 10.0 Å². The number of benzene rings is 2. The molecule has 0 unspecified atom stereocenters. The van der Waals surface area contributed by atoms with Crippen molar-refractivity contribution in [2.24, 2.45) is 0 Å². The number of hydrogen-bond acceptors (Lipinski definition) is 4. The lowest BCUT2D eigenvalue weighted by Crippen LogP contribution is -2.36. The van der Waals surface area contributed by atoms with E-state index < -0.39 is 10.0 Å². The van der Waals surface area contributed by atoms with Crippen molar-refractivity contribution in [3.05, 3.63) is 59.7 Å². The summed E-state index contributed by atoms with van der Waals surface area (Å²) >= 11 is 0. The van der Waals surface area contributed by atoms with Gasteiger partial charge in [-0.3, -0.25) is 4.79 Å². The molecule has 0 aliphatic carbocycles. The predicted octanol–water partition coefficient (Wildman–Crippen LogP) is 3.62. The van der Waals surface area contributed by atoms with Crippen molar-refractivity contribution in [3.63, 3.8) is 0 Å². The van der Waals surface area contributed by atoms with Gasteiger partial charge >= 0.3 is 0 Å². The zero-order valence-corrected chi connectivity index (χ0v) is 18.5. The molecule has 1 amide bonds. The Morgan fingerprint density at radius 1 is 1.10 bits per heavy atom. The minimum atomic E-state index is -3.71. The van der Waals surface area contributed by atoms with Crippen molar-refractivity contribution < 1.29 is 17.9 Å². The Hall–Kier alpha value is -2.38. The highest BCUT2D eigenvalue weighted by Crippen LogP contribution is 2.29. The SMILES string of the molecule is COc1ccc(C(=O)N[C@H](C)CCc2ccccc2)cc1S(=O)(=O)N1CCCCC1. The van der Waals surface area contributed by atoms with Crippen LogP contribution in [0.2, 0.25) is 0 Å². The van der Waals surface area contributed by atoms with Gasteiger partial charge in [0.25, 0.3) is 5.91 Å². The number of methoxy groups -OCH3 is 1. The standard InChI is InChI=1S/C23H30N2O4S/c1-18(11-12-19-9-5-3-6-10-19)24-23(26)20-13-14-21(29-2)22(17-20)30(27,28)25-15-7-4-8-16-25/h3,5-6,9-10,13-14,17-18H,4,7-8,11-12,15-16H2,1-2H3,(H,24,26)/t18-/m1/s1. The number of piperidine rings is 1. The average molecular weight is 431 g/mol. The van der Waals surface area contributed by atoms with Crippen LogP contribution >= 0.6 is 0 Å². The van der Waals surface area contributed by atoms with Crippen LogP contribution in [0, 0.1) is 0 Å². The first-order valence-corrected chi connectivity index (χ1v) is 11.9. The van der Waals surface area contributed by atoms with E-state index in [1.54, 1.807) is 12.1 Å². The molecule has 30 heavy (non-hydrogen) atoms. The van der Waals surface area contributed by atoms with E-state index in [0.29, 0.717) is 18.7 Å². The second-order valence-corrected chi connectivity index (χ2v) is 9.64. The van der Waals surface area contributed by atoms with Gasteiger partial charge in [0.05, 0.1) is 7.11 Å². The monoisotopic (exact) mass is 430 g/mol. The Labute approximate surface area is 179 Å². The first-order valence-electron chi connectivity index (χ1n) is 10.4. The van der Waals surface area contributed by atoms with Crippen LogP contribution in [0.4, 0.5) is 0 Å². The lowest BCUT2D eigenvalue weighted by Gasteiger charge is -2.26. The molecule has 1 aliphatic rings. The summed E-state index contributed by atoms with van der Waals surface area (Å²) in [6.07, 6.45) is 4.39. The molecule has 1 saturated heterocycles. The molecule has 1 aliphatic heterocycles. The quantitative estimate of drug-likeness (QED) is 0.694. The number of carbonyl (C=O) groups excluding carboxylic acids is 1. The summed E-state index contributed by atoms with van der Waals surface area (Å²) in [5.74, 6) is -0.0254. The molecular weight excluding hydrogens is 400 g/mol.